The van der Waals surface area contributed by atoms with Gasteiger partial charge in [-0.1, -0.05) is 0 Å². The molecule has 0 saturated carbocycles. The highest BCUT2D eigenvalue weighted by Gasteiger charge is 2.21. The van der Waals surface area contributed by atoms with Gasteiger partial charge in [-0.25, -0.2) is 12.8 Å². The van der Waals surface area contributed by atoms with Crippen LogP contribution in [-0.2, 0) is 14.8 Å². The number of hydrogen-bond acceptors (Lipinski definition) is 4. The Hall–Kier alpha value is -2.13. The van der Waals surface area contributed by atoms with Crippen molar-refractivity contribution in [3.05, 3.63) is 46.2 Å². The van der Waals surface area contributed by atoms with Crippen LogP contribution in [0, 0.1) is 12.7 Å². The normalized spacial score (nSPS) is 11.2. The van der Waals surface area contributed by atoms with E-state index in [1.807, 2.05) is 0 Å². The average Bonchev–Trinajstić information content (AvgIpc) is 2.43. The molecule has 0 fully saturated rings. The molecule has 0 aliphatic rings. The van der Waals surface area contributed by atoms with Crippen LogP contribution in [0.15, 0.2) is 39.7 Å². The third-order valence-electron chi connectivity index (χ3n) is 3.12. The van der Waals surface area contributed by atoms with Crippen molar-refractivity contribution in [2.75, 3.05) is 15.8 Å². The maximum Gasteiger partial charge on any atom is 0.263 e. The Balaban J connectivity index is 2.48. The Kier molecular flexibility index (Phi) is 5.14. The number of carbonyl (C=O) groups excluding carboxylic acids is 1. The highest BCUT2D eigenvalue weighted by Crippen LogP contribution is 2.29. The van der Waals surface area contributed by atoms with Crippen molar-refractivity contribution < 1.29 is 17.6 Å². The summed E-state index contributed by atoms with van der Waals surface area (Å²) in [5.41, 5.74) is 6.64. The quantitative estimate of drug-likeness (QED) is 0.666. The lowest BCUT2D eigenvalue weighted by Gasteiger charge is -2.15. The Labute approximate surface area is 147 Å². The second-order valence-corrected chi connectivity index (χ2v) is 7.63. The number of halogens is 2. The fraction of sp³-hybridized carbons (Fsp3) is 0.133. The molecule has 4 N–H and O–H groups in total. The van der Waals surface area contributed by atoms with Crippen LogP contribution in [0.3, 0.4) is 0 Å². The summed E-state index contributed by atoms with van der Waals surface area (Å²) in [6, 6.07) is 6.59. The van der Waals surface area contributed by atoms with E-state index in [0.717, 1.165) is 0 Å². The Morgan fingerprint density at radius 2 is 1.88 bits per heavy atom. The van der Waals surface area contributed by atoms with Crippen LogP contribution in [0.5, 0.6) is 0 Å². The molecule has 2 rings (SSSR count). The summed E-state index contributed by atoms with van der Waals surface area (Å²) in [5, 5.41) is 2.43. The molecular formula is C15H15BrFN3O3S. The molecule has 0 atom stereocenters. The van der Waals surface area contributed by atoms with Crippen molar-refractivity contribution in [1.29, 1.82) is 0 Å². The van der Waals surface area contributed by atoms with Crippen molar-refractivity contribution >= 4 is 48.9 Å². The summed E-state index contributed by atoms with van der Waals surface area (Å²) in [5.74, 6) is -0.931. The summed E-state index contributed by atoms with van der Waals surface area (Å²) in [7, 11) is -4.02. The van der Waals surface area contributed by atoms with Crippen molar-refractivity contribution in [2.45, 2.75) is 18.7 Å². The number of rotatable bonds is 4. The summed E-state index contributed by atoms with van der Waals surface area (Å²) < 4.78 is 41.3. The second-order valence-electron chi connectivity index (χ2n) is 5.12. The lowest BCUT2D eigenvalue weighted by atomic mass is 10.2. The van der Waals surface area contributed by atoms with Crippen LogP contribution in [0.4, 0.5) is 21.5 Å². The van der Waals surface area contributed by atoms with Gasteiger partial charge in [0.2, 0.25) is 5.91 Å². The van der Waals surface area contributed by atoms with Crippen molar-refractivity contribution in [2.24, 2.45) is 0 Å². The monoisotopic (exact) mass is 415 g/mol. The summed E-state index contributed by atoms with van der Waals surface area (Å²) in [4.78, 5) is 11.1. The van der Waals surface area contributed by atoms with E-state index >= 15 is 0 Å². The fourth-order valence-electron chi connectivity index (χ4n) is 2.03. The number of amides is 1. The number of anilines is 3. The molecule has 0 aliphatic carbocycles. The Bertz CT molecular complexity index is 916. The van der Waals surface area contributed by atoms with Gasteiger partial charge in [0.1, 0.15) is 10.7 Å². The van der Waals surface area contributed by atoms with E-state index in [1.165, 1.54) is 37.3 Å². The van der Waals surface area contributed by atoms with Crippen LogP contribution in [-0.4, -0.2) is 14.3 Å². The second kappa shape index (κ2) is 6.78. The maximum absolute atomic E-state index is 13.5. The van der Waals surface area contributed by atoms with Gasteiger partial charge >= 0.3 is 0 Å². The summed E-state index contributed by atoms with van der Waals surface area (Å²) >= 11 is 3.02. The average molecular weight is 416 g/mol. The number of carbonyl (C=O) groups is 1. The molecule has 2 aromatic rings. The molecule has 9 heteroatoms. The molecule has 0 spiro atoms. The molecule has 24 heavy (non-hydrogen) atoms. The van der Waals surface area contributed by atoms with E-state index in [9.17, 15) is 17.6 Å². The summed E-state index contributed by atoms with van der Waals surface area (Å²) in [6.45, 7) is 2.83. The molecular weight excluding hydrogens is 401 g/mol. The van der Waals surface area contributed by atoms with Crippen molar-refractivity contribution in [1.82, 2.24) is 0 Å². The first-order chi connectivity index (χ1) is 11.1. The van der Waals surface area contributed by atoms with Gasteiger partial charge in [-0.2, -0.15) is 0 Å². The topological polar surface area (TPSA) is 101 Å². The largest absolute Gasteiger partial charge is 0.399 e. The third-order valence-corrected chi connectivity index (χ3v) is 5.15. The van der Waals surface area contributed by atoms with E-state index in [-0.39, 0.29) is 20.7 Å². The van der Waals surface area contributed by atoms with Gasteiger partial charge in [-0.3, -0.25) is 9.52 Å². The minimum atomic E-state index is -4.02. The third kappa shape index (κ3) is 4.04. The van der Waals surface area contributed by atoms with Gasteiger partial charge in [0.25, 0.3) is 10.0 Å². The van der Waals surface area contributed by atoms with E-state index in [2.05, 4.69) is 26.0 Å². The van der Waals surface area contributed by atoms with Gasteiger partial charge in [-0.05, 0) is 58.7 Å². The van der Waals surface area contributed by atoms with E-state index in [4.69, 9.17) is 5.73 Å². The van der Waals surface area contributed by atoms with Crippen LogP contribution < -0.4 is 15.8 Å². The van der Waals surface area contributed by atoms with Crippen LogP contribution in [0.25, 0.3) is 0 Å². The molecule has 2 aromatic carbocycles. The van der Waals surface area contributed by atoms with Crippen molar-refractivity contribution in [3.63, 3.8) is 0 Å². The lowest BCUT2D eigenvalue weighted by molar-refractivity contribution is -0.114. The maximum atomic E-state index is 13.5. The first kappa shape index (κ1) is 18.2. The molecule has 1 amide bonds. The van der Waals surface area contributed by atoms with Crippen LogP contribution in [0.1, 0.15) is 12.5 Å². The summed E-state index contributed by atoms with van der Waals surface area (Å²) in [6.07, 6.45) is 0. The SMILES string of the molecule is CC(=O)Nc1cc(N)ccc1S(=O)(=O)Nc1cc(Br)c(F)cc1C. The lowest BCUT2D eigenvalue weighted by Crippen LogP contribution is -2.17. The zero-order valence-electron chi connectivity index (χ0n) is 12.9. The molecule has 0 saturated heterocycles. The van der Waals surface area contributed by atoms with E-state index < -0.39 is 21.7 Å². The predicted molar refractivity (Wildman–Crippen MR) is 94.8 cm³/mol. The standard InChI is InChI=1S/C15H15BrFN3O3S/c1-8-5-12(17)11(16)7-13(8)20-24(22,23)15-4-3-10(18)6-14(15)19-9(2)21/h3-7,20H,18H2,1-2H3,(H,19,21). The molecule has 0 aliphatic heterocycles. The van der Waals surface area contributed by atoms with Gasteiger partial charge < -0.3 is 11.1 Å². The minimum Gasteiger partial charge on any atom is -0.399 e. The minimum absolute atomic E-state index is 0.0637. The van der Waals surface area contributed by atoms with E-state index in [1.54, 1.807) is 6.92 Å². The van der Waals surface area contributed by atoms with Gasteiger partial charge in [0.05, 0.1) is 15.8 Å². The molecule has 0 radical (unpaired) electrons. The molecule has 0 aromatic heterocycles. The Morgan fingerprint density at radius 1 is 1.21 bits per heavy atom. The van der Waals surface area contributed by atoms with Crippen molar-refractivity contribution in [3.8, 4) is 0 Å². The molecule has 0 unspecified atom stereocenters. The molecule has 0 bridgehead atoms. The molecule has 6 nitrogen and oxygen atoms in total. The number of benzene rings is 2. The number of sulfonamides is 1. The fourth-order valence-corrected chi connectivity index (χ4v) is 3.63. The first-order valence-electron chi connectivity index (χ1n) is 6.76. The first-order valence-corrected chi connectivity index (χ1v) is 9.03. The van der Waals surface area contributed by atoms with E-state index in [0.29, 0.717) is 11.3 Å². The number of aryl methyl sites for hydroxylation is 1. The molecule has 0 heterocycles. The zero-order valence-corrected chi connectivity index (χ0v) is 15.3. The van der Waals surface area contributed by atoms with Crippen LogP contribution >= 0.6 is 15.9 Å². The smallest absolute Gasteiger partial charge is 0.263 e. The highest BCUT2D eigenvalue weighted by atomic mass is 79.9. The highest BCUT2D eigenvalue weighted by molar-refractivity contribution is 9.10. The molecule has 128 valence electrons. The van der Waals surface area contributed by atoms with Gasteiger partial charge in [-0.15, -0.1) is 0 Å². The van der Waals surface area contributed by atoms with Gasteiger partial charge in [0.15, 0.2) is 0 Å². The predicted octanol–water partition coefficient (Wildman–Crippen LogP) is 3.24. The zero-order chi connectivity index (χ0) is 18.1. The number of nitrogens with two attached hydrogens (primary N) is 1. The van der Waals surface area contributed by atoms with Gasteiger partial charge in [0, 0.05) is 12.6 Å². The number of nitrogen functional groups attached to an aromatic ring is 1. The number of nitrogens with one attached hydrogen (secondary N) is 2. The number of hydrogen-bond donors (Lipinski definition) is 3. The van der Waals surface area contributed by atoms with Crippen LogP contribution in [0.2, 0.25) is 0 Å². The Morgan fingerprint density at radius 3 is 2.50 bits per heavy atom.